The molecule has 2 nitrogen and oxygen atoms in total. The third kappa shape index (κ3) is 3.78. The molecule has 0 aliphatic heterocycles. The van der Waals surface area contributed by atoms with E-state index in [2.05, 4.69) is 10.7 Å². The van der Waals surface area contributed by atoms with Crippen molar-refractivity contribution in [2.75, 3.05) is 5.32 Å². The molecule has 0 radical (unpaired) electrons. The van der Waals surface area contributed by atoms with Gasteiger partial charge in [-0.3, -0.25) is 0 Å². The van der Waals surface area contributed by atoms with Gasteiger partial charge in [-0.05, 0) is 42.0 Å². The lowest BCUT2D eigenvalue weighted by molar-refractivity contribution is 0.563. The highest BCUT2D eigenvalue weighted by atomic mass is 32.9. The van der Waals surface area contributed by atoms with Crippen molar-refractivity contribution in [1.82, 2.24) is 0 Å². The van der Waals surface area contributed by atoms with Crippen molar-refractivity contribution < 1.29 is 4.74 Å². The third-order valence-electron chi connectivity index (χ3n) is 2.91. The van der Waals surface area contributed by atoms with Crippen molar-refractivity contribution in [3.05, 3.63) is 63.8 Å². The Kier molecular flexibility index (Phi) is 4.94. The van der Waals surface area contributed by atoms with E-state index in [1.54, 1.807) is 20.7 Å². The predicted molar refractivity (Wildman–Crippen MR) is 102 cm³/mol. The van der Waals surface area contributed by atoms with Crippen LogP contribution < -0.4 is 10.1 Å². The van der Waals surface area contributed by atoms with Gasteiger partial charge in [-0.25, -0.2) is 0 Å². The van der Waals surface area contributed by atoms with E-state index in [0.29, 0.717) is 10.9 Å². The third-order valence-corrected chi connectivity index (χ3v) is 5.75. The summed E-state index contributed by atoms with van der Waals surface area (Å²) < 4.78 is 6.54. The summed E-state index contributed by atoms with van der Waals surface area (Å²) in [5.41, 5.74) is 3.10. The molecular formula is C16H11NOS4. The van der Waals surface area contributed by atoms with Gasteiger partial charge in [-0.15, -0.1) is 0 Å². The van der Waals surface area contributed by atoms with Gasteiger partial charge >= 0.3 is 0 Å². The zero-order valence-electron chi connectivity index (χ0n) is 11.3. The average Bonchev–Trinajstić information content (AvgIpc) is 2.95. The van der Waals surface area contributed by atoms with Crippen LogP contribution in [0.3, 0.4) is 0 Å². The van der Waals surface area contributed by atoms with Gasteiger partial charge in [0.15, 0.2) is 0 Å². The molecule has 110 valence electrons. The smallest absolute Gasteiger partial charge is 0.266 e. The van der Waals surface area contributed by atoms with Gasteiger partial charge in [0.1, 0.15) is 9.57 Å². The van der Waals surface area contributed by atoms with E-state index in [1.165, 1.54) is 0 Å². The molecule has 3 rings (SSSR count). The first-order valence-electron chi connectivity index (χ1n) is 6.44. The molecular weight excluding hydrogens is 350 g/mol. The summed E-state index contributed by atoms with van der Waals surface area (Å²) in [5.74, 6) is 0.696. The number of hydrogen-bond acceptors (Lipinski definition) is 5. The number of nitrogens with one attached hydrogen (secondary N) is 1. The molecule has 22 heavy (non-hydrogen) atoms. The Morgan fingerprint density at radius 1 is 1.00 bits per heavy atom. The van der Waals surface area contributed by atoms with E-state index in [9.17, 15) is 0 Å². The Morgan fingerprint density at radius 3 is 2.36 bits per heavy atom. The number of rotatable bonds is 3. The molecule has 0 unspecified atom stereocenters. The largest absolute Gasteiger partial charge is 0.432 e. The molecule has 2 aromatic carbocycles. The first kappa shape index (κ1) is 15.3. The first-order valence-corrected chi connectivity index (χ1v) is 9.47. The lowest BCUT2D eigenvalue weighted by Crippen LogP contribution is -2.16. The zero-order chi connectivity index (χ0) is 15.4. The normalized spacial score (nSPS) is 10.2. The molecule has 3 aromatic rings. The summed E-state index contributed by atoms with van der Waals surface area (Å²) in [6.45, 7) is 0. The molecule has 0 spiro atoms. The molecule has 1 N–H and O–H groups in total. The molecule has 0 saturated carbocycles. The fourth-order valence-corrected chi connectivity index (χ4v) is 4.48. The number of benzene rings is 2. The lowest BCUT2D eigenvalue weighted by Gasteiger charge is -2.09. The Labute approximate surface area is 146 Å². The van der Waals surface area contributed by atoms with Gasteiger partial charge in [0.05, 0.1) is 0 Å². The number of ether oxygens (including phenoxy) is 1. The van der Waals surface area contributed by atoms with E-state index in [-0.39, 0.29) is 0 Å². The standard InChI is InChI=1S/C16H11NOS4/c19-15-14(10-21-22-15)11-6-8-13(9-7-11)18-16(20)17-12-4-2-1-3-5-12/h1-10H,(H,17,20). The van der Waals surface area contributed by atoms with E-state index < -0.39 is 0 Å². The highest BCUT2D eigenvalue weighted by molar-refractivity contribution is 7.80. The Balaban J connectivity index is 1.67. The van der Waals surface area contributed by atoms with E-state index >= 15 is 0 Å². The summed E-state index contributed by atoms with van der Waals surface area (Å²) in [7, 11) is 3.26. The average molecular weight is 362 g/mol. The molecule has 6 heteroatoms. The summed E-state index contributed by atoms with van der Waals surface area (Å²) in [4.78, 5) is 0. The lowest BCUT2D eigenvalue weighted by atomic mass is 10.1. The fraction of sp³-hybridized carbons (Fsp3) is 0. The second kappa shape index (κ2) is 7.11. The number of para-hydroxylation sites is 1. The van der Waals surface area contributed by atoms with Crippen molar-refractivity contribution in [3.63, 3.8) is 0 Å². The molecule has 1 heterocycles. The Bertz CT molecular complexity index is 821. The summed E-state index contributed by atoms with van der Waals surface area (Å²) >= 11 is 10.5. The summed E-state index contributed by atoms with van der Waals surface area (Å²) in [6, 6.07) is 17.5. The molecule has 0 atom stereocenters. The topological polar surface area (TPSA) is 21.3 Å². The minimum absolute atomic E-state index is 0.320. The predicted octanol–water partition coefficient (Wildman–Crippen LogP) is 5.98. The van der Waals surface area contributed by atoms with Gasteiger partial charge in [-0.2, -0.15) is 0 Å². The van der Waals surface area contributed by atoms with Crippen LogP contribution in [0.2, 0.25) is 0 Å². The van der Waals surface area contributed by atoms with Crippen LogP contribution in [-0.2, 0) is 0 Å². The summed E-state index contributed by atoms with van der Waals surface area (Å²) in [6.07, 6.45) is 0. The minimum atomic E-state index is 0.320. The van der Waals surface area contributed by atoms with Crippen molar-refractivity contribution in [3.8, 4) is 16.9 Å². The highest BCUT2D eigenvalue weighted by Crippen LogP contribution is 2.29. The van der Waals surface area contributed by atoms with Gasteiger partial charge in [0.2, 0.25) is 0 Å². The second-order valence-corrected chi connectivity index (χ2v) is 7.52. The molecule has 0 aliphatic carbocycles. The van der Waals surface area contributed by atoms with Gasteiger partial charge in [-0.1, -0.05) is 63.2 Å². The number of anilines is 1. The van der Waals surface area contributed by atoms with Gasteiger partial charge < -0.3 is 10.1 Å². The highest BCUT2D eigenvalue weighted by Gasteiger charge is 2.04. The number of hydrogen-bond donors (Lipinski definition) is 1. The van der Waals surface area contributed by atoms with E-state index in [4.69, 9.17) is 29.2 Å². The zero-order valence-corrected chi connectivity index (χ0v) is 14.6. The molecule has 0 aliphatic rings. The van der Waals surface area contributed by atoms with Crippen molar-refractivity contribution in [2.45, 2.75) is 0 Å². The van der Waals surface area contributed by atoms with E-state index in [0.717, 1.165) is 20.6 Å². The van der Waals surface area contributed by atoms with E-state index in [1.807, 2.05) is 54.6 Å². The molecule has 0 bridgehead atoms. The minimum Gasteiger partial charge on any atom is -0.432 e. The monoisotopic (exact) mass is 361 g/mol. The quantitative estimate of drug-likeness (QED) is 0.457. The van der Waals surface area contributed by atoms with Crippen molar-refractivity contribution in [1.29, 1.82) is 0 Å². The van der Waals surface area contributed by atoms with Crippen molar-refractivity contribution in [2.24, 2.45) is 0 Å². The van der Waals surface area contributed by atoms with Crippen molar-refractivity contribution >= 4 is 56.0 Å². The maximum Gasteiger partial charge on any atom is 0.266 e. The van der Waals surface area contributed by atoms with Crippen LogP contribution in [0.1, 0.15) is 0 Å². The molecule has 0 fully saturated rings. The first-order chi connectivity index (χ1) is 10.7. The molecule has 0 amide bonds. The van der Waals surface area contributed by atoms with Crippen LogP contribution in [0.25, 0.3) is 11.1 Å². The van der Waals surface area contributed by atoms with Crippen LogP contribution >= 0.6 is 45.1 Å². The van der Waals surface area contributed by atoms with Crippen LogP contribution in [0.5, 0.6) is 5.75 Å². The van der Waals surface area contributed by atoms with Crippen LogP contribution in [0.4, 0.5) is 5.69 Å². The van der Waals surface area contributed by atoms with Crippen LogP contribution in [-0.4, -0.2) is 5.17 Å². The van der Waals surface area contributed by atoms with Gasteiger partial charge in [0, 0.05) is 16.6 Å². The maximum absolute atomic E-state index is 5.62. The second-order valence-electron chi connectivity index (χ2n) is 4.40. The maximum atomic E-state index is 5.62. The SMILES string of the molecule is S=C(Nc1ccccc1)Oc1ccc(-c2cssc2=S)cc1. The summed E-state index contributed by atoms with van der Waals surface area (Å²) in [5, 5.41) is 5.43. The number of thiocarbonyl (C=S) groups is 1. The Hall–Kier alpha value is -1.60. The Morgan fingerprint density at radius 2 is 1.73 bits per heavy atom. The van der Waals surface area contributed by atoms with Crippen LogP contribution in [0, 0.1) is 3.82 Å². The van der Waals surface area contributed by atoms with Gasteiger partial charge in [0.25, 0.3) is 5.17 Å². The molecule has 0 saturated heterocycles. The van der Waals surface area contributed by atoms with Crippen LogP contribution in [0.15, 0.2) is 60.0 Å². The molecule has 1 aromatic heterocycles. The fourth-order valence-electron chi connectivity index (χ4n) is 1.87.